The molecule has 0 fully saturated rings. The summed E-state index contributed by atoms with van der Waals surface area (Å²) in [4.78, 5) is 15.6. The number of aromatic nitrogens is 1. The average molecular weight is 231 g/mol. The van der Waals surface area contributed by atoms with Crippen LogP contribution in [0.1, 0.15) is 35.5 Å². The molecule has 0 aromatic carbocycles. The van der Waals surface area contributed by atoms with Gasteiger partial charge in [-0.3, -0.25) is 4.79 Å². The third-order valence-corrected chi connectivity index (χ3v) is 2.16. The predicted octanol–water partition coefficient (Wildman–Crippen LogP) is 2.04. The Kier molecular flexibility index (Phi) is 4.15. The number of hydrogen-bond acceptors (Lipinski definition) is 3. The molecule has 1 heterocycles. The van der Waals surface area contributed by atoms with E-state index in [0.717, 1.165) is 6.42 Å². The van der Waals surface area contributed by atoms with Crippen LogP contribution in [0.2, 0.25) is 0 Å². The van der Waals surface area contributed by atoms with Crippen molar-refractivity contribution in [2.75, 3.05) is 6.54 Å². The van der Waals surface area contributed by atoms with Crippen molar-refractivity contribution in [3.05, 3.63) is 17.3 Å². The van der Waals surface area contributed by atoms with Crippen LogP contribution in [0, 0.1) is 13.8 Å². The first-order chi connectivity index (χ1) is 7.00. The molecule has 1 N–H and O–H groups in total. The fraction of sp³-hybridized carbons (Fsp3) is 0.600. The lowest BCUT2D eigenvalue weighted by Crippen LogP contribution is -2.25. The first-order valence-corrected chi connectivity index (χ1v) is 5.30. The maximum Gasteiger partial charge on any atom is 0.289 e. The van der Waals surface area contributed by atoms with Crippen LogP contribution in [0.5, 0.6) is 0 Å². The topological polar surface area (TPSA) is 55.1 Å². The summed E-state index contributed by atoms with van der Waals surface area (Å²) < 4.78 is 5.18. The fourth-order valence-corrected chi connectivity index (χ4v) is 1.32. The number of nitrogens with one attached hydrogen (secondary N) is 1. The third-order valence-electron chi connectivity index (χ3n) is 1.94. The van der Waals surface area contributed by atoms with E-state index in [4.69, 9.17) is 16.0 Å². The van der Waals surface area contributed by atoms with Gasteiger partial charge in [-0.2, -0.15) is 0 Å². The summed E-state index contributed by atoms with van der Waals surface area (Å²) in [7, 11) is 0. The largest absolute Gasteiger partial charge is 0.436 e. The molecule has 1 atom stereocenters. The molecule has 0 saturated carbocycles. The molecule has 0 aliphatic rings. The number of amides is 1. The van der Waals surface area contributed by atoms with Crippen molar-refractivity contribution in [3.63, 3.8) is 0 Å². The minimum Gasteiger partial charge on any atom is -0.436 e. The number of carbonyl (C=O) groups is 1. The lowest BCUT2D eigenvalue weighted by Gasteiger charge is -2.04. The van der Waals surface area contributed by atoms with Crippen LogP contribution < -0.4 is 5.32 Å². The maximum atomic E-state index is 11.6. The molecule has 1 aromatic rings. The molecule has 4 nitrogen and oxygen atoms in total. The molecule has 0 saturated heterocycles. The summed E-state index contributed by atoms with van der Waals surface area (Å²) in [5.74, 6) is 0.559. The first kappa shape index (κ1) is 12.0. The van der Waals surface area contributed by atoms with Crippen LogP contribution in [0.3, 0.4) is 0 Å². The minimum atomic E-state index is -0.231. The zero-order valence-electron chi connectivity index (χ0n) is 9.13. The Morgan fingerprint density at radius 3 is 2.73 bits per heavy atom. The van der Waals surface area contributed by atoms with Crippen molar-refractivity contribution in [2.45, 2.75) is 32.6 Å². The van der Waals surface area contributed by atoms with Crippen molar-refractivity contribution in [3.8, 4) is 0 Å². The van der Waals surface area contributed by atoms with E-state index in [1.165, 1.54) is 0 Å². The Labute approximate surface area is 94.0 Å². The van der Waals surface area contributed by atoms with Gasteiger partial charge < -0.3 is 9.73 Å². The van der Waals surface area contributed by atoms with E-state index < -0.39 is 0 Å². The summed E-state index contributed by atoms with van der Waals surface area (Å²) >= 11 is 5.76. The second-order valence-electron chi connectivity index (χ2n) is 3.47. The number of carbonyl (C=O) groups excluding carboxylic acids is 1. The highest BCUT2D eigenvalue weighted by Gasteiger charge is 2.15. The Morgan fingerprint density at radius 1 is 1.60 bits per heavy atom. The SMILES string of the molecule is Cc1nc(C)c(C(=O)NCCC(C)Cl)o1. The molecule has 1 rings (SSSR count). The predicted molar refractivity (Wildman–Crippen MR) is 58.2 cm³/mol. The number of alkyl halides is 1. The molecule has 84 valence electrons. The molecule has 0 radical (unpaired) electrons. The van der Waals surface area contributed by atoms with Crippen molar-refractivity contribution >= 4 is 17.5 Å². The van der Waals surface area contributed by atoms with Gasteiger partial charge in [0.15, 0.2) is 5.89 Å². The molecule has 0 bridgehead atoms. The number of halogens is 1. The van der Waals surface area contributed by atoms with E-state index in [9.17, 15) is 4.79 Å². The van der Waals surface area contributed by atoms with Crippen LogP contribution in [0.15, 0.2) is 4.42 Å². The van der Waals surface area contributed by atoms with Gasteiger partial charge in [-0.05, 0) is 20.3 Å². The van der Waals surface area contributed by atoms with Gasteiger partial charge in [0.2, 0.25) is 5.76 Å². The van der Waals surface area contributed by atoms with Gasteiger partial charge >= 0.3 is 0 Å². The maximum absolute atomic E-state index is 11.6. The third kappa shape index (κ3) is 3.55. The normalized spacial score (nSPS) is 12.5. The summed E-state index contributed by atoms with van der Waals surface area (Å²) in [6.07, 6.45) is 0.736. The second kappa shape index (κ2) is 5.16. The van der Waals surface area contributed by atoms with Crippen LogP contribution in [0.4, 0.5) is 0 Å². The Bertz CT molecular complexity index is 347. The number of rotatable bonds is 4. The quantitative estimate of drug-likeness (QED) is 0.806. The molecule has 1 aromatic heterocycles. The van der Waals surface area contributed by atoms with Gasteiger partial charge in [0.1, 0.15) is 0 Å². The van der Waals surface area contributed by atoms with Crippen molar-refractivity contribution in [1.82, 2.24) is 10.3 Å². The Morgan fingerprint density at radius 2 is 2.27 bits per heavy atom. The highest BCUT2D eigenvalue weighted by molar-refractivity contribution is 6.20. The zero-order valence-corrected chi connectivity index (χ0v) is 9.89. The van der Waals surface area contributed by atoms with E-state index in [2.05, 4.69) is 10.3 Å². The highest BCUT2D eigenvalue weighted by Crippen LogP contribution is 2.08. The van der Waals surface area contributed by atoms with Crippen LogP contribution in [0.25, 0.3) is 0 Å². The molecule has 1 unspecified atom stereocenters. The second-order valence-corrected chi connectivity index (χ2v) is 4.22. The Balaban J connectivity index is 2.50. The van der Waals surface area contributed by atoms with Gasteiger partial charge in [-0.15, -0.1) is 11.6 Å². The lowest BCUT2D eigenvalue weighted by molar-refractivity contribution is 0.0923. The van der Waals surface area contributed by atoms with Crippen LogP contribution in [-0.2, 0) is 0 Å². The van der Waals surface area contributed by atoms with Crippen molar-refractivity contribution < 1.29 is 9.21 Å². The lowest BCUT2D eigenvalue weighted by atomic mass is 10.3. The minimum absolute atomic E-state index is 0.0582. The molecule has 0 aliphatic carbocycles. The molecule has 0 aliphatic heterocycles. The first-order valence-electron chi connectivity index (χ1n) is 4.87. The van der Waals surface area contributed by atoms with Crippen LogP contribution >= 0.6 is 11.6 Å². The van der Waals surface area contributed by atoms with Gasteiger partial charge in [-0.1, -0.05) is 0 Å². The van der Waals surface area contributed by atoms with Crippen molar-refractivity contribution in [2.24, 2.45) is 0 Å². The number of hydrogen-bond donors (Lipinski definition) is 1. The van der Waals surface area contributed by atoms with E-state index >= 15 is 0 Å². The molecular weight excluding hydrogens is 216 g/mol. The zero-order chi connectivity index (χ0) is 11.4. The number of aryl methyl sites for hydroxylation is 2. The van der Waals surface area contributed by atoms with Gasteiger partial charge in [0, 0.05) is 18.8 Å². The molecule has 15 heavy (non-hydrogen) atoms. The van der Waals surface area contributed by atoms with E-state index in [1.807, 2.05) is 6.92 Å². The van der Waals surface area contributed by atoms with Crippen molar-refractivity contribution in [1.29, 1.82) is 0 Å². The summed E-state index contributed by atoms with van der Waals surface area (Å²) in [5, 5.41) is 2.79. The summed E-state index contributed by atoms with van der Waals surface area (Å²) in [5.41, 5.74) is 0.615. The molecule has 0 spiro atoms. The van der Waals surface area contributed by atoms with E-state index in [0.29, 0.717) is 18.1 Å². The number of oxazole rings is 1. The molecule has 5 heteroatoms. The number of nitrogens with zero attached hydrogens (tertiary/aromatic N) is 1. The standard InChI is InChI=1S/C10H15ClN2O2/c1-6(11)4-5-12-10(14)9-7(2)13-8(3)15-9/h6H,4-5H2,1-3H3,(H,12,14). The van der Waals surface area contributed by atoms with Gasteiger partial charge in [-0.25, -0.2) is 4.98 Å². The van der Waals surface area contributed by atoms with E-state index in [-0.39, 0.29) is 17.0 Å². The summed E-state index contributed by atoms with van der Waals surface area (Å²) in [6, 6.07) is 0. The van der Waals surface area contributed by atoms with Crippen LogP contribution in [-0.4, -0.2) is 22.8 Å². The molecular formula is C10H15ClN2O2. The smallest absolute Gasteiger partial charge is 0.289 e. The summed E-state index contributed by atoms with van der Waals surface area (Å²) in [6.45, 7) is 5.89. The Hall–Kier alpha value is -1.03. The monoisotopic (exact) mass is 230 g/mol. The molecule has 1 amide bonds. The van der Waals surface area contributed by atoms with E-state index in [1.54, 1.807) is 13.8 Å². The fourth-order valence-electron chi connectivity index (χ4n) is 1.21. The van der Waals surface area contributed by atoms with Gasteiger partial charge in [0.05, 0.1) is 5.69 Å². The van der Waals surface area contributed by atoms with Gasteiger partial charge in [0.25, 0.3) is 5.91 Å². The average Bonchev–Trinajstić information content (AvgIpc) is 2.44. The highest BCUT2D eigenvalue weighted by atomic mass is 35.5.